The quantitative estimate of drug-likeness (QED) is 0.553. The van der Waals surface area contributed by atoms with Crippen LogP contribution in [0.15, 0.2) is 12.1 Å². The SMILES string of the molecule is COC(=O)c1cc(N2CCN(C(=O)OC(C)(C)C)CC2)cc(OC)c1C(=O)OC. The Balaban J connectivity index is 2.26. The predicted molar refractivity (Wildman–Crippen MR) is 106 cm³/mol. The second-order valence-electron chi connectivity index (χ2n) is 7.51. The highest BCUT2D eigenvalue weighted by atomic mass is 16.6. The van der Waals surface area contributed by atoms with E-state index in [2.05, 4.69) is 0 Å². The van der Waals surface area contributed by atoms with Crippen molar-refractivity contribution >= 4 is 23.7 Å². The van der Waals surface area contributed by atoms with Crippen molar-refractivity contribution in [3.05, 3.63) is 23.3 Å². The lowest BCUT2D eigenvalue weighted by atomic mass is 10.0. The summed E-state index contributed by atoms with van der Waals surface area (Å²) in [6.07, 6.45) is -0.356. The number of piperazine rings is 1. The Morgan fingerprint density at radius 1 is 0.897 bits per heavy atom. The lowest BCUT2D eigenvalue weighted by Crippen LogP contribution is -2.50. The van der Waals surface area contributed by atoms with Crippen LogP contribution in [0.1, 0.15) is 41.5 Å². The number of carbonyl (C=O) groups is 3. The van der Waals surface area contributed by atoms with Gasteiger partial charge in [0.2, 0.25) is 0 Å². The molecule has 9 heteroatoms. The molecule has 2 rings (SSSR count). The van der Waals surface area contributed by atoms with Crippen molar-refractivity contribution in [3.8, 4) is 5.75 Å². The van der Waals surface area contributed by atoms with Crippen molar-refractivity contribution in [2.45, 2.75) is 26.4 Å². The minimum atomic E-state index is -0.691. The van der Waals surface area contributed by atoms with Crippen molar-refractivity contribution in [1.29, 1.82) is 0 Å². The van der Waals surface area contributed by atoms with Gasteiger partial charge in [-0.15, -0.1) is 0 Å². The molecule has 1 saturated heterocycles. The normalized spacial score (nSPS) is 14.3. The summed E-state index contributed by atoms with van der Waals surface area (Å²) in [6.45, 7) is 7.45. The van der Waals surface area contributed by atoms with Crippen LogP contribution in [0, 0.1) is 0 Å². The molecule has 1 heterocycles. The molecule has 0 bridgehead atoms. The summed E-state index contributed by atoms with van der Waals surface area (Å²) in [7, 11) is 3.88. The van der Waals surface area contributed by atoms with E-state index in [0.29, 0.717) is 31.9 Å². The molecule has 0 atom stereocenters. The van der Waals surface area contributed by atoms with E-state index in [1.165, 1.54) is 21.3 Å². The molecule has 1 aliphatic heterocycles. The topological polar surface area (TPSA) is 94.6 Å². The number of hydrogen-bond donors (Lipinski definition) is 0. The van der Waals surface area contributed by atoms with Crippen LogP contribution >= 0.6 is 0 Å². The van der Waals surface area contributed by atoms with Crippen LogP contribution in [0.4, 0.5) is 10.5 Å². The minimum absolute atomic E-state index is 0.0120. The van der Waals surface area contributed by atoms with E-state index in [9.17, 15) is 14.4 Å². The van der Waals surface area contributed by atoms with Crippen LogP contribution in [0.3, 0.4) is 0 Å². The van der Waals surface area contributed by atoms with Gasteiger partial charge in [-0.3, -0.25) is 0 Å². The summed E-state index contributed by atoms with van der Waals surface area (Å²) >= 11 is 0. The Kier molecular flexibility index (Phi) is 6.94. The number of esters is 2. The van der Waals surface area contributed by atoms with Crippen molar-refractivity contribution in [3.63, 3.8) is 0 Å². The molecule has 29 heavy (non-hydrogen) atoms. The number of anilines is 1. The second kappa shape index (κ2) is 9.02. The fraction of sp³-hybridized carbons (Fsp3) is 0.550. The highest BCUT2D eigenvalue weighted by Gasteiger charge is 2.29. The van der Waals surface area contributed by atoms with Gasteiger partial charge in [0.25, 0.3) is 0 Å². The minimum Gasteiger partial charge on any atom is -0.496 e. The van der Waals surface area contributed by atoms with Crippen LogP contribution in [0.2, 0.25) is 0 Å². The summed E-state index contributed by atoms with van der Waals surface area (Å²) in [6, 6.07) is 3.24. The number of rotatable bonds is 4. The van der Waals surface area contributed by atoms with Crippen LogP contribution in [0.5, 0.6) is 5.75 Å². The van der Waals surface area contributed by atoms with Crippen LogP contribution in [0.25, 0.3) is 0 Å². The molecular weight excluding hydrogens is 380 g/mol. The van der Waals surface area contributed by atoms with E-state index in [1.807, 2.05) is 25.7 Å². The first-order chi connectivity index (χ1) is 13.6. The van der Waals surface area contributed by atoms with Gasteiger partial charge in [-0.05, 0) is 26.8 Å². The first-order valence-corrected chi connectivity index (χ1v) is 9.22. The molecule has 0 radical (unpaired) electrons. The summed E-state index contributed by atoms with van der Waals surface area (Å²) in [5, 5.41) is 0. The summed E-state index contributed by atoms with van der Waals surface area (Å²) in [5.41, 5.74) is 0.195. The fourth-order valence-corrected chi connectivity index (χ4v) is 3.00. The van der Waals surface area contributed by atoms with Crippen molar-refractivity contribution in [1.82, 2.24) is 4.90 Å². The van der Waals surface area contributed by atoms with Gasteiger partial charge in [-0.2, -0.15) is 0 Å². The van der Waals surface area contributed by atoms with Gasteiger partial charge in [-0.1, -0.05) is 0 Å². The highest BCUT2D eigenvalue weighted by molar-refractivity contribution is 6.06. The Morgan fingerprint density at radius 2 is 1.48 bits per heavy atom. The van der Waals surface area contributed by atoms with E-state index >= 15 is 0 Å². The zero-order chi connectivity index (χ0) is 21.8. The lowest BCUT2D eigenvalue weighted by Gasteiger charge is -2.37. The standard InChI is InChI=1S/C20H28N2O7/c1-20(2,3)29-19(25)22-9-7-21(8-10-22)13-11-14(17(23)27-5)16(18(24)28-6)15(12-13)26-4/h11-12H,7-10H2,1-6H3. The third-order valence-corrected chi connectivity index (χ3v) is 4.40. The molecule has 1 amide bonds. The largest absolute Gasteiger partial charge is 0.496 e. The van der Waals surface area contributed by atoms with Crippen molar-refractivity contribution in [2.24, 2.45) is 0 Å². The molecule has 0 aromatic heterocycles. The predicted octanol–water partition coefficient (Wildman–Crippen LogP) is 2.33. The number of methoxy groups -OCH3 is 3. The van der Waals surface area contributed by atoms with Gasteiger partial charge in [0.15, 0.2) is 0 Å². The zero-order valence-corrected chi connectivity index (χ0v) is 17.7. The molecule has 0 N–H and O–H groups in total. The molecule has 160 valence electrons. The molecule has 0 unspecified atom stereocenters. The molecule has 0 saturated carbocycles. The molecule has 1 aliphatic rings. The molecule has 1 aromatic carbocycles. The maximum atomic E-state index is 12.3. The van der Waals surface area contributed by atoms with E-state index in [0.717, 1.165) is 0 Å². The fourth-order valence-electron chi connectivity index (χ4n) is 3.00. The number of amides is 1. The Labute approximate surface area is 170 Å². The third kappa shape index (κ3) is 5.30. The van der Waals surface area contributed by atoms with E-state index in [1.54, 1.807) is 17.0 Å². The van der Waals surface area contributed by atoms with Gasteiger partial charge < -0.3 is 28.7 Å². The van der Waals surface area contributed by atoms with Gasteiger partial charge in [0, 0.05) is 37.9 Å². The van der Waals surface area contributed by atoms with Crippen LogP contribution < -0.4 is 9.64 Å². The van der Waals surface area contributed by atoms with Crippen molar-refractivity contribution < 1.29 is 33.3 Å². The van der Waals surface area contributed by atoms with Gasteiger partial charge in [0.05, 0.1) is 26.9 Å². The average molecular weight is 408 g/mol. The summed E-state index contributed by atoms with van der Waals surface area (Å²) in [4.78, 5) is 40.3. The zero-order valence-electron chi connectivity index (χ0n) is 17.7. The summed E-state index contributed by atoms with van der Waals surface area (Å²) < 4.78 is 20.3. The van der Waals surface area contributed by atoms with Gasteiger partial charge in [0.1, 0.15) is 16.9 Å². The molecule has 0 spiro atoms. The number of ether oxygens (including phenoxy) is 4. The number of benzene rings is 1. The van der Waals surface area contributed by atoms with Crippen LogP contribution in [-0.2, 0) is 14.2 Å². The first-order valence-electron chi connectivity index (χ1n) is 9.22. The van der Waals surface area contributed by atoms with E-state index in [4.69, 9.17) is 18.9 Å². The summed E-state index contributed by atoms with van der Waals surface area (Å²) in [5.74, 6) is -1.15. The Hall–Kier alpha value is -2.97. The molecule has 1 fully saturated rings. The monoisotopic (exact) mass is 408 g/mol. The second-order valence-corrected chi connectivity index (χ2v) is 7.51. The van der Waals surface area contributed by atoms with Crippen molar-refractivity contribution in [2.75, 3.05) is 52.4 Å². The van der Waals surface area contributed by atoms with E-state index < -0.39 is 17.5 Å². The maximum absolute atomic E-state index is 12.3. The number of nitrogens with zero attached hydrogens (tertiary/aromatic N) is 2. The number of carbonyl (C=O) groups excluding carboxylic acids is 3. The highest BCUT2D eigenvalue weighted by Crippen LogP contribution is 2.31. The average Bonchev–Trinajstić information content (AvgIpc) is 2.70. The van der Waals surface area contributed by atoms with E-state index in [-0.39, 0.29) is 23.0 Å². The molecular formula is C20H28N2O7. The number of hydrogen-bond acceptors (Lipinski definition) is 8. The van der Waals surface area contributed by atoms with Crippen LogP contribution in [-0.4, -0.2) is 76.0 Å². The molecule has 0 aliphatic carbocycles. The maximum Gasteiger partial charge on any atom is 0.410 e. The smallest absolute Gasteiger partial charge is 0.410 e. The Morgan fingerprint density at radius 3 is 1.97 bits per heavy atom. The molecule has 9 nitrogen and oxygen atoms in total. The third-order valence-electron chi connectivity index (χ3n) is 4.40. The first kappa shape index (κ1) is 22.3. The lowest BCUT2D eigenvalue weighted by molar-refractivity contribution is 0.0240. The molecule has 1 aromatic rings. The Bertz CT molecular complexity index is 778. The van der Waals surface area contributed by atoms with Gasteiger partial charge in [-0.25, -0.2) is 14.4 Å². The van der Waals surface area contributed by atoms with Gasteiger partial charge >= 0.3 is 18.0 Å².